The maximum atomic E-state index is 5.43. The second-order valence-corrected chi connectivity index (χ2v) is 5.82. The molecule has 0 bridgehead atoms. The van der Waals surface area contributed by atoms with Crippen molar-refractivity contribution in [3.8, 4) is 11.4 Å². The molecule has 0 amide bonds. The van der Waals surface area contributed by atoms with Crippen LogP contribution in [0.15, 0.2) is 27.2 Å². The molecule has 4 nitrogen and oxygen atoms in total. The fourth-order valence-corrected chi connectivity index (χ4v) is 3.05. The van der Waals surface area contributed by atoms with Gasteiger partial charge in [-0.1, -0.05) is 27.2 Å². The van der Waals surface area contributed by atoms with Crippen LogP contribution >= 0.6 is 15.9 Å². The molecule has 1 aliphatic heterocycles. The molecule has 2 aromatic rings. The third kappa shape index (κ3) is 2.72. The minimum absolute atomic E-state index is 0.395. The van der Waals surface area contributed by atoms with Crippen molar-refractivity contribution in [3.63, 3.8) is 0 Å². The van der Waals surface area contributed by atoms with E-state index in [0.29, 0.717) is 11.7 Å². The van der Waals surface area contributed by atoms with Crippen molar-refractivity contribution >= 4 is 15.9 Å². The number of aryl methyl sites for hydroxylation is 1. The van der Waals surface area contributed by atoms with E-state index >= 15 is 0 Å². The lowest BCUT2D eigenvalue weighted by Gasteiger charge is -2.18. The van der Waals surface area contributed by atoms with E-state index in [1.807, 2.05) is 6.07 Å². The normalized spacial score (nSPS) is 16.7. The number of halogens is 1. The molecule has 5 heteroatoms. The molecular formula is C14H16BrN3O. The smallest absolute Gasteiger partial charge is 0.230 e. The molecule has 0 atom stereocenters. The van der Waals surface area contributed by atoms with E-state index in [-0.39, 0.29) is 0 Å². The Morgan fingerprint density at radius 1 is 1.32 bits per heavy atom. The van der Waals surface area contributed by atoms with Crippen LogP contribution in [-0.4, -0.2) is 23.2 Å². The Labute approximate surface area is 120 Å². The lowest BCUT2D eigenvalue weighted by Crippen LogP contribution is -2.26. The Kier molecular flexibility index (Phi) is 3.66. The van der Waals surface area contributed by atoms with Crippen molar-refractivity contribution in [1.82, 2.24) is 15.5 Å². The average molecular weight is 322 g/mol. The number of piperidine rings is 1. The topological polar surface area (TPSA) is 51.0 Å². The lowest BCUT2D eigenvalue weighted by molar-refractivity contribution is 0.320. The quantitative estimate of drug-likeness (QED) is 0.922. The maximum Gasteiger partial charge on any atom is 0.230 e. The SMILES string of the molecule is Cc1ccc(-c2noc(C3CCNCC3)n2)c(Br)c1. The third-order valence-electron chi connectivity index (χ3n) is 3.50. The first-order valence-corrected chi connectivity index (χ1v) is 7.34. The van der Waals surface area contributed by atoms with Gasteiger partial charge in [0.05, 0.1) is 0 Å². The van der Waals surface area contributed by atoms with Crippen LogP contribution in [0.25, 0.3) is 11.4 Å². The molecule has 1 aromatic carbocycles. The summed E-state index contributed by atoms with van der Waals surface area (Å²) in [6.45, 7) is 4.11. The summed E-state index contributed by atoms with van der Waals surface area (Å²) in [4.78, 5) is 4.56. The highest BCUT2D eigenvalue weighted by atomic mass is 79.9. The molecule has 0 unspecified atom stereocenters. The highest BCUT2D eigenvalue weighted by Gasteiger charge is 2.22. The fourth-order valence-electron chi connectivity index (χ4n) is 2.38. The van der Waals surface area contributed by atoms with Crippen LogP contribution in [0.1, 0.15) is 30.2 Å². The Hall–Kier alpha value is -1.20. The Morgan fingerprint density at radius 3 is 2.84 bits per heavy atom. The van der Waals surface area contributed by atoms with Crippen LogP contribution in [0.2, 0.25) is 0 Å². The van der Waals surface area contributed by atoms with Gasteiger partial charge in [-0.15, -0.1) is 0 Å². The second-order valence-electron chi connectivity index (χ2n) is 4.96. The monoisotopic (exact) mass is 321 g/mol. The first-order valence-electron chi connectivity index (χ1n) is 6.55. The summed E-state index contributed by atoms with van der Waals surface area (Å²) in [5.74, 6) is 1.83. The van der Waals surface area contributed by atoms with Crippen LogP contribution < -0.4 is 5.32 Å². The van der Waals surface area contributed by atoms with Gasteiger partial charge < -0.3 is 9.84 Å². The standard InChI is InChI=1S/C14H16BrN3O/c1-9-2-3-11(12(15)8-9)13-17-14(19-18-13)10-4-6-16-7-5-10/h2-3,8,10,16H,4-7H2,1H3. The number of rotatable bonds is 2. The molecule has 3 rings (SSSR count). The number of aromatic nitrogens is 2. The van der Waals surface area contributed by atoms with Crippen molar-refractivity contribution in [2.75, 3.05) is 13.1 Å². The molecule has 1 N–H and O–H groups in total. The molecule has 1 saturated heterocycles. The van der Waals surface area contributed by atoms with E-state index in [4.69, 9.17) is 4.52 Å². The van der Waals surface area contributed by atoms with Gasteiger partial charge in [0.1, 0.15) is 0 Å². The number of hydrogen-bond donors (Lipinski definition) is 1. The van der Waals surface area contributed by atoms with Gasteiger partial charge >= 0.3 is 0 Å². The average Bonchev–Trinajstić information content (AvgIpc) is 2.89. The summed E-state index contributed by atoms with van der Waals surface area (Å²) in [5.41, 5.74) is 2.19. The largest absolute Gasteiger partial charge is 0.339 e. The summed E-state index contributed by atoms with van der Waals surface area (Å²) < 4.78 is 6.44. The zero-order chi connectivity index (χ0) is 13.2. The van der Waals surface area contributed by atoms with Gasteiger partial charge in [-0.2, -0.15) is 4.98 Å². The molecule has 100 valence electrons. The minimum atomic E-state index is 0.395. The van der Waals surface area contributed by atoms with Crippen molar-refractivity contribution in [2.45, 2.75) is 25.7 Å². The van der Waals surface area contributed by atoms with Crippen molar-refractivity contribution < 1.29 is 4.52 Å². The van der Waals surface area contributed by atoms with Crippen LogP contribution in [0.4, 0.5) is 0 Å². The van der Waals surface area contributed by atoms with E-state index in [2.05, 4.69) is 50.4 Å². The second kappa shape index (κ2) is 5.43. The Morgan fingerprint density at radius 2 is 2.11 bits per heavy atom. The van der Waals surface area contributed by atoms with E-state index in [1.165, 1.54) is 5.56 Å². The lowest BCUT2D eigenvalue weighted by atomic mass is 9.98. The maximum absolute atomic E-state index is 5.43. The van der Waals surface area contributed by atoms with Gasteiger partial charge in [0.25, 0.3) is 0 Å². The van der Waals surface area contributed by atoms with Crippen LogP contribution in [0, 0.1) is 6.92 Å². The molecule has 2 heterocycles. The van der Waals surface area contributed by atoms with Gasteiger partial charge in [-0.05, 0) is 50.6 Å². The first-order chi connectivity index (χ1) is 9.24. The first kappa shape index (κ1) is 12.8. The number of nitrogens with zero attached hydrogens (tertiary/aromatic N) is 2. The fraction of sp³-hybridized carbons (Fsp3) is 0.429. The minimum Gasteiger partial charge on any atom is -0.339 e. The summed E-state index contributed by atoms with van der Waals surface area (Å²) in [7, 11) is 0. The number of hydrogen-bond acceptors (Lipinski definition) is 4. The van der Waals surface area contributed by atoms with Crippen molar-refractivity contribution in [1.29, 1.82) is 0 Å². The van der Waals surface area contributed by atoms with Gasteiger partial charge in [0.15, 0.2) is 0 Å². The van der Waals surface area contributed by atoms with Crippen LogP contribution in [0.3, 0.4) is 0 Å². The number of nitrogens with one attached hydrogen (secondary N) is 1. The van der Waals surface area contributed by atoms with Crippen LogP contribution in [-0.2, 0) is 0 Å². The van der Waals surface area contributed by atoms with Gasteiger partial charge in [0.2, 0.25) is 11.7 Å². The van der Waals surface area contributed by atoms with Gasteiger partial charge in [-0.25, -0.2) is 0 Å². The molecule has 0 radical (unpaired) electrons. The molecule has 0 aliphatic carbocycles. The highest BCUT2D eigenvalue weighted by molar-refractivity contribution is 9.10. The molecule has 1 fully saturated rings. The predicted molar refractivity (Wildman–Crippen MR) is 77.0 cm³/mol. The van der Waals surface area contributed by atoms with Crippen molar-refractivity contribution in [3.05, 3.63) is 34.1 Å². The molecule has 0 spiro atoms. The molecule has 1 aromatic heterocycles. The summed E-state index contributed by atoms with van der Waals surface area (Å²) in [6.07, 6.45) is 2.13. The van der Waals surface area contributed by atoms with E-state index in [1.54, 1.807) is 0 Å². The van der Waals surface area contributed by atoms with Crippen molar-refractivity contribution in [2.24, 2.45) is 0 Å². The Balaban J connectivity index is 1.87. The zero-order valence-electron chi connectivity index (χ0n) is 10.8. The van der Waals surface area contributed by atoms with Gasteiger partial charge in [0, 0.05) is 16.0 Å². The molecule has 0 saturated carbocycles. The van der Waals surface area contributed by atoms with E-state index in [9.17, 15) is 0 Å². The molecule has 19 heavy (non-hydrogen) atoms. The number of benzene rings is 1. The van der Waals surface area contributed by atoms with Crippen LogP contribution in [0.5, 0.6) is 0 Å². The molecular weight excluding hydrogens is 306 g/mol. The summed E-state index contributed by atoms with van der Waals surface area (Å²) >= 11 is 3.56. The third-order valence-corrected chi connectivity index (χ3v) is 4.15. The summed E-state index contributed by atoms with van der Waals surface area (Å²) in [5, 5.41) is 7.46. The van der Waals surface area contributed by atoms with Gasteiger partial charge in [-0.3, -0.25) is 0 Å². The predicted octanol–water partition coefficient (Wildman–Crippen LogP) is 3.27. The highest BCUT2D eigenvalue weighted by Crippen LogP contribution is 2.30. The molecule has 1 aliphatic rings. The summed E-state index contributed by atoms with van der Waals surface area (Å²) in [6, 6.07) is 6.15. The van der Waals surface area contributed by atoms with E-state index < -0.39 is 0 Å². The zero-order valence-corrected chi connectivity index (χ0v) is 12.4. The van der Waals surface area contributed by atoms with E-state index in [0.717, 1.165) is 41.9 Å². The Bertz CT molecular complexity index is 576.